The zero-order valence-corrected chi connectivity index (χ0v) is 12.5. The summed E-state index contributed by atoms with van der Waals surface area (Å²) in [5.74, 6) is 0. The number of fused-ring (bicyclic) bond motifs is 1. The molecule has 1 atom stereocenters. The Balaban J connectivity index is 1.56. The number of para-hydroxylation sites is 1. The minimum Gasteiger partial charge on any atom is -0.361 e. The van der Waals surface area contributed by atoms with E-state index in [2.05, 4.69) is 58.6 Å². The number of benzene rings is 1. The van der Waals surface area contributed by atoms with Crippen LogP contribution in [-0.2, 0) is 13.0 Å². The maximum absolute atomic E-state index is 4.13. The molecule has 0 saturated heterocycles. The molecule has 2 heterocycles. The van der Waals surface area contributed by atoms with E-state index in [0.29, 0.717) is 6.04 Å². The molecule has 110 valence electrons. The molecule has 1 aromatic carbocycles. The standard InChI is InChI=1S/C16H21N5/c1-12-4-3-5-15-14(8-19-16(12)15)6-7-18-13(2)9-21-11-17-10-20-21/h3-5,8,10-11,13,18-19H,6-7,9H2,1-2H3. The van der Waals surface area contributed by atoms with Crippen LogP contribution in [0.4, 0.5) is 0 Å². The first-order valence-electron chi connectivity index (χ1n) is 7.35. The van der Waals surface area contributed by atoms with E-state index in [1.807, 2.05) is 4.68 Å². The van der Waals surface area contributed by atoms with Gasteiger partial charge in [0.15, 0.2) is 0 Å². The topological polar surface area (TPSA) is 58.5 Å². The average Bonchev–Trinajstić information content (AvgIpc) is 3.10. The fourth-order valence-corrected chi connectivity index (χ4v) is 2.70. The summed E-state index contributed by atoms with van der Waals surface area (Å²) in [4.78, 5) is 7.34. The van der Waals surface area contributed by atoms with Crippen LogP contribution in [0.5, 0.6) is 0 Å². The summed E-state index contributed by atoms with van der Waals surface area (Å²) in [6.45, 7) is 6.10. The molecule has 0 aliphatic carbocycles. The van der Waals surface area contributed by atoms with Crippen LogP contribution in [0, 0.1) is 6.92 Å². The fraction of sp³-hybridized carbons (Fsp3) is 0.375. The van der Waals surface area contributed by atoms with Crippen molar-refractivity contribution in [1.29, 1.82) is 0 Å². The zero-order chi connectivity index (χ0) is 14.7. The molecule has 5 nitrogen and oxygen atoms in total. The lowest BCUT2D eigenvalue weighted by molar-refractivity contribution is 0.453. The minimum absolute atomic E-state index is 0.374. The fourth-order valence-electron chi connectivity index (χ4n) is 2.70. The highest BCUT2D eigenvalue weighted by Gasteiger charge is 2.06. The Morgan fingerprint density at radius 3 is 3.10 bits per heavy atom. The van der Waals surface area contributed by atoms with Gasteiger partial charge in [-0.1, -0.05) is 18.2 Å². The molecule has 0 spiro atoms. The summed E-state index contributed by atoms with van der Waals surface area (Å²) in [5, 5.41) is 9.00. The third kappa shape index (κ3) is 3.13. The maximum Gasteiger partial charge on any atom is 0.137 e. The molecule has 3 aromatic rings. The SMILES string of the molecule is Cc1cccc2c(CCNC(C)Cn3cncn3)c[nH]c12. The largest absolute Gasteiger partial charge is 0.361 e. The van der Waals surface area contributed by atoms with Gasteiger partial charge in [-0.05, 0) is 37.9 Å². The number of hydrogen-bond donors (Lipinski definition) is 2. The predicted molar refractivity (Wildman–Crippen MR) is 84.2 cm³/mol. The Bertz CT molecular complexity index is 699. The second kappa shape index (κ2) is 6.10. The second-order valence-corrected chi connectivity index (χ2v) is 5.53. The van der Waals surface area contributed by atoms with E-state index in [1.165, 1.54) is 22.0 Å². The minimum atomic E-state index is 0.374. The van der Waals surface area contributed by atoms with Crippen LogP contribution in [0.1, 0.15) is 18.1 Å². The quantitative estimate of drug-likeness (QED) is 0.729. The summed E-state index contributed by atoms with van der Waals surface area (Å²) in [6, 6.07) is 6.82. The van der Waals surface area contributed by atoms with Gasteiger partial charge in [-0.2, -0.15) is 5.10 Å². The highest BCUT2D eigenvalue weighted by atomic mass is 15.3. The number of aryl methyl sites for hydroxylation is 1. The first-order valence-corrected chi connectivity index (χ1v) is 7.35. The summed E-state index contributed by atoms with van der Waals surface area (Å²) < 4.78 is 1.85. The molecule has 21 heavy (non-hydrogen) atoms. The van der Waals surface area contributed by atoms with Crippen molar-refractivity contribution in [2.24, 2.45) is 0 Å². The van der Waals surface area contributed by atoms with E-state index >= 15 is 0 Å². The number of aromatic amines is 1. The van der Waals surface area contributed by atoms with Crippen molar-refractivity contribution in [3.63, 3.8) is 0 Å². The van der Waals surface area contributed by atoms with Crippen LogP contribution in [0.3, 0.4) is 0 Å². The van der Waals surface area contributed by atoms with Crippen molar-refractivity contribution < 1.29 is 0 Å². The third-order valence-corrected chi connectivity index (χ3v) is 3.82. The smallest absolute Gasteiger partial charge is 0.137 e. The van der Waals surface area contributed by atoms with Crippen molar-refractivity contribution in [2.75, 3.05) is 6.54 Å². The van der Waals surface area contributed by atoms with E-state index in [4.69, 9.17) is 0 Å². The summed E-state index contributed by atoms with van der Waals surface area (Å²) in [7, 11) is 0. The third-order valence-electron chi connectivity index (χ3n) is 3.82. The van der Waals surface area contributed by atoms with Crippen molar-refractivity contribution in [1.82, 2.24) is 25.1 Å². The Morgan fingerprint density at radius 1 is 1.38 bits per heavy atom. The van der Waals surface area contributed by atoms with Gasteiger partial charge in [-0.25, -0.2) is 4.98 Å². The average molecular weight is 283 g/mol. The predicted octanol–water partition coefficient (Wildman–Crippen LogP) is 2.29. The van der Waals surface area contributed by atoms with Gasteiger partial charge in [0.05, 0.1) is 6.54 Å². The highest BCUT2D eigenvalue weighted by molar-refractivity contribution is 5.85. The molecular formula is C16H21N5. The molecular weight excluding hydrogens is 262 g/mol. The van der Waals surface area contributed by atoms with E-state index < -0.39 is 0 Å². The first kappa shape index (κ1) is 13.8. The van der Waals surface area contributed by atoms with E-state index in [9.17, 15) is 0 Å². The summed E-state index contributed by atoms with van der Waals surface area (Å²) in [5.41, 5.74) is 3.92. The van der Waals surface area contributed by atoms with Gasteiger partial charge < -0.3 is 10.3 Å². The molecule has 3 rings (SSSR count). The molecule has 2 N–H and O–H groups in total. The molecule has 0 aliphatic heterocycles. The van der Waals surface area contributed by atoms with Crippen molar-refractivity contribution >= 4 is 10.9 Å². The van der Waals surface area contributed by atoms with Gasteiger partial charge in [0.2, 0.25) is 0 Å². The lowest BCUT2D eigenvalue weighted by Gasteiger charge is -2.13. The Hall–Kier alpha value is -2.14. The van der Waals surface area contributed by atoms with Gasteiger partial charge in [0.25, 0.3) is 0 Å². The summed E-state index contributed by atoms with van der Waals surface area (Å²) >= 11 is 0. The van der Waals surface area contributed by atoms with Crippen LogP contribution >= 0.6 is 0 Å². The van der Waals surface area contributed by atoms with Crippen LogP contribution < -0.4 is 5.32 Å². The van der Waals surface area contributed by atoms with Gasteiger partial charge in [0.1, 0.15) is 12.7 Å². The van der Waals surface area contributed by atoms with E-state index in [1.54, 1.807) is 12.7 Å². The molecule has 0 radical (unpaired) electrons. The number of nitrogens with zero attached hydrogens (tertiary/aromatic N) is 3. The summed E-state index contributed by atoms with van der Waals surface area (Å²) in [6.07, 6.45) is 6.47. The second-order valence-electron chi connectivity index (χ2n) is 5.53. The van der Waals surface area contributed by atoms with Gasteiger partial charge in [0, 0.05) is 23.1 Å². The Morgan fingerprint density at radius 2 is 2.29 bits per heavy atom. The monoisotopic (exact) mass is 283 g/mol. The number of H-pyrrole nitrogens is 1. The number of hydrogen-bond acceptors (Lipinski definition) is 3. The van der Waals surface area contributed by atoms with Crippen LogP contribution in [0.25, 0.3) is 10.9 Å². The number of nitrogens with one attached hydrogen (secondary N) is 2. The van der Waals surface area contributed by atoms with Crippen LogP contribution in [0.15, 0.2) is 37.1 Å². The van der Waals surface area contributed by atoms with Crippen LogP contribution in [0.2, 0.25) is 0 Å². The van der Waals surface area contributed by atoms with Gasteiger partial charge in [-0.15, -0.1) is 0 Å². The van der Waals surface area contributed by atoms with Crippen molar-refractivity contribution in [3.8, 4) is 0 Å². The van der Waals surface area contributed by atoms with E-state index in [-0.39, 0.29) is 0 Å². The Kier molecular flexibility index (Phi) is 4.01. The number of rotatable bonds is 6. The highest BCUT2D eigenvalue weighted by Crippen LogP contribution is 2.21. The van der Waals surface area contributed by atoms with Crippen molar-refractivity contribution in [2.45, 2.75) is 32.9 Å². The van der Waals surface area contributed by atoms with Crippen LogP contribution in [-0.4, -0.2) is 32.3 Å². The lowest BCUT2D eigenvalue weighted by Crippen LogP contribution is -2.32. The molecule has 0 aliphatic rings. The zero-order valence-electron chi connectivity index (χ0n) is 12.5. The molecule has 5 heteroatoms. The molecule has 0 bridgehead atoms. The normalized spacial score (nSPS) is 12.9. The number of aromatic nitrogens is 4. The van der Waals surface area contributed by atoms with Gasteiger partial charge in [-0.3, -0.25) is 4.68 Å². The molecule has 0 fully saturated rings. The first-order chi connectivity index (χ1) is 10.2. The molecule has 2 aromatic heterocycles. The van der Waals surface area contributed by atoms with E-state index in [0.717, 1.165) is 19.5 Å². The molecule has 0 saturated carbocycles. The lowest BCUT2D eigenvalue weighted by atomic mass is 10.1. The molecule has 0 amide bonds. The molecule has 1 unspecified atom stereocenters. The maximum atomic E-state index is 4.13. The Labute approximate surface area is 124 Å². The van der Waals surface area contributed by atoms with Gasteiger partial charge >= 0.3 is 0 Å². The van der Waals surface area contributed by atoms with Crippen molar-refractivity contribution in [3.05, 3.63) is 48.2 Å².